The van der Waals surface area contributed by atoms with Crippen molar-refractivity contribution in [2.45, 2.75) is 19.4 Å². The summed E-state index contributed by atoms with van der Waals surface area (Å²) in [6, 6.07) is 17.6. The Morgan fingerprint density at radius 2 is 1.79 bits per heavy atom. The Morgan fingerprint density at radius 3 is 2.54 bits per heavy atom. The molecule has 0 saturated heterocycles. The molecule has 3 heterocycles. The summed E-state index contributed by atoms with van der Waals surface area (Å²) >= 11 is 0. The Balaban J connectivity index is 1.64. The van der Waals surface area contributed by atoms with Crippen molar-refractivity contribution in [2.75, 3.05) is 4.90 Å². The zero-order chi connectivity index (χ0) is 16.5. The van der Waals surface area contributed by atoms with Gasteiger partial charge < -0.3 is 4.90 Å². The molecule has 1 aromatic carbocycles. The van der Waals surface area contributed by atoms with Crippen LogP contribution in [0.3, 0.4) is 0 Å². The second kappa shape index (κ2) is 5.89. The number of hydrogen-bond donors (Lipinski definition) is 0. The van der Waals surface area contributed by atoms with Gasteiger partial charge in [0.05, 0.1) is 17.0 Å². The average Bonchev–Trinajstić information content (AvgIpc) is 2.98. The van der Waals surface area contributed by atoms with Crippen molar-refractivity contribution < 1.29 is 4.79 Å². The summed E-state index contributed by atoms with van der Waals surface area (Å²) in [6.07, 6.45) is 4.26. The number of hydrogen-bond acceptors (Lipinski definition) is 3. The van der Waals surface area contributed by atoms with E-state index in [4.69, 9.17) is 0 Å². The summed E-state index contributed by atoms with van der Waals surface area (Å²) in [5.41, 5.74) is 4.39. The van der Waals surface area contributed by atoms with E-state index in [-0.39, 0.29) is 11.9 Å². The van der Waals surface area contributed by atoms with E-state index in [1.165, 1.54) is 5.56 Å². The predicted molar refractivity (Wildman–Crippen MR) is 93.9 cm³/mol. The molecule has 4 rings (SSSR count). The number of carbonyl (C=O) groups is 1. The summed E-state index contributed by atoms with van der Waals surface area (Å²) in [7, 11) is 0. The Kier molecular flexibility index (Phi) is 3.58. The Morgan fingerprint density at radius 1 is 1.00 bits per heavy atom. The molecule has 0 bridgehead atoms. The highest BCUT2D eigenvalue weighted by atomic mass is 16.2. The quantitative estimate of drug-likeness (QED) is 0.724. The van der Waals surface area contributed by atoms with Crippen molar-refractivity contribution in [1.29, 1.82) is 0 Å². The Labute approximate surface area is 140 Å². The van der Waals surface area contributed by atoms with Crippen LogP contribution in [-0.2, 0) is 6.42 Å². The van der Waals surface area contributed by atoms with Crippen LogP contribution in [0.2, 0.25) is 0 Å². The number of benzene rings is 1. The molecule has 2 aromatic heterocycles. The molecule has 1 atom stereocenters. The fourth-order valence-corrected chi connectivity index (χ4v) is 3.20. The van der Waals surface area contributed by atoms with Gasteiger partial charge in [-0.2, -0.15) is 0 Å². The Bertz CT molecular complexity index is 875. The van der Waals surface area contributed by atoms with Crippen LogP contribution in [0, 0.1) is 0 Å². The molecule has 1 amide bonds. The maximum atomic E-state index is 12.9. The number of amides is 1. The van der Waals surface area contributed by atoms with Crippen molar-refractivity contribution in [3.8, 4) is 11.4 Å². The lowest BCUT2D eigenvalue weighted by molar-refractivity contribution is 0.0981. The van der Waals surface area contributed by atoms with E-state index in [0.717, 1.165) is 23.5 Å². The first-order chi connectivity index (χ1) is 11.7. The lowest BCUT2D eigenvalue weighted by Crippen LogP contribution is -2.35. The molecule has 118 valence electrons. The number of fused-ring (bicyclic) bond motifs is 1. The monoisotopic (exact) mass is 315 g/mol. The van der Waals surface area contributed by atoms with Crippen molar-refractivity contribution >= 4 is 11.6 Å². The summed E-state index contributed by atoms with van der Waals surface area (Å²) in [5.74, 6) is -0.00693. The molecule has 24 heavy (non-hydrogen) atoms. The third-order valence-corrected chi connectivity index (χ3v) is 4.36. The van der Waals surface area contributed by atoms with Gasteiger partial charge in [0.25, 0.3) is 5.91 Å². The average molecular weight is 315 g/mol. The van der Waals surface area contributed by atoms with Gasteiger partial charge in [0, 0.05) is 24.1 Å². The molecule has 1 aliphatic rings. The van der Waals surface area contributed by atoms with Crippen LogP contribution in [0.15, 0.2) is 67.0 Å². The third kappa shape index (κ3) is 2.46. The molecule has 4 heteroatoms. The number of nitrogens with zero attached hydrogens (tertiary/aromatic N) is 3. The number of rotatable bonds is 2. The molecule has 0 spiro atoms. The fourth-order valence-electron chi connectivity index (χ4n) is 3.20. The largest absolute Gasteiger partial charge is 0.305 e. The van der Waals surface area contributed by atoms with Gasteiger partial charge in [-0.05, 0) is 49.2 Å². The van der Waals surface area contributed by atoms with E-state index >= 15 is 0 Å². The van der Waals surface area contributed by atoms with Crippen LogP contribution < -0.4 is 4.90 Å². The van der Waals surface area contributed by atoms with E-state index in [2.05, 4.69) is 23.0 Å². The number of carbonyl (C=O) groups excluding carboxylic acids is 1. The summed E-state index contributed by atoms with van der Waals surface area (Å²) < 4.78 is 0. The highest BCUT2D eigenvalue weighted by Gasteiger charge is 2.31. The summed E-state index contributed by atoms with van der Waals surface area (Å²) in [6.45, 7) is 2.08. The zero-order valence-corrected chi connectivity index (χ0v) is 13.4. The molecular formula is C20H17N3O. The topological polar surface area (TPSA) is 46.1 Å². The molecular weight excluding hydrogens is 298 g/mol. The lowest BCUT2D eigenvalue weighted by atomic mass is 10.1. The number of anilines is 1. The van der Waals surface area contributed by atoms with Crippen LogP contribution >= 0.6 is 0 Å². The molecule has 1 unspecified atom stereocenters. The molecule has 4 nitrogen and oxygen atoms in total. The normalized spacial score (nSPS) is 16.0. The van der Waals surface area contributed by atoms with Crippen molar-refractivity contribution in [1.82, 2.24) is 9.97 Å². The molecule has 0 saturated carbocycles. The molecule has 0 radical (unpaired) electrons. The van der Waals surface area contributed by atoms with Crippen LogP contribution in [0.25, 0.3) is 11.4 Å². The summed E-state index contributed by atoms with van der Waals surface area (Å²) in [5, 5.41) is 0. The minimum atomic E-state index is -0.00693. The maximum absolute atomic E-state index is 12.9. The number of pyridine rings is 2. The smallest absolute Gasteiger partial charge is 0.260 e. The highest BCUT2D eigenvalue weighted by Crippen LogP contribution is 2.33. The second-order valence-electron chi connectivity index (χ2n) is 6.00. The molecule has 1 aliphatic heterocycles. The van der Waals surface area contributed by atoms with Crippen LogP contribution in [0.1, 0.15) is 22.8 Å². The van der Waals surface area contributed by atoms with Gasteiger partial charge in [0.2, 0.25) is 0 Å². The first kappa shape index (κ1) is 14.6. The SMILES string of the molecule is CC1Cc2ccccc2N1C(=O)c1ccc(-c2ccccn2)nc1. The van der Waals surface area contributed by atoms with Gasteiger partial charge in [-0.3, -0.25) is 14.8 Å². The van der Waals surface area contributed by atoms with Crippen LogP contribution in [0.5, 0.6) is 0 Å². The fraction of sp³-hybridized carbons (Fsp3) is 0.150. The minimum absolute atomic E-state index is 0.00693. The first-order valence-electron chi connectivity index (χ1n) is 8.03. The molecule has 0 aliphatic carbocycles. The molecule has 0 N–H and O–H groups in total. The molecule has 0 fully saturated rings. The van der Waals surface area contributed by atoms with Crippen molar-refractivity contribution in [3.05, 3.63) is 78.1 Å². The van der Waals surface area contributed by atoms with Crippen LogP contribution in [-0.4, -0.2) is 21.9 Å². The van der Waals surface area contributed by atoms with Crippen molar-refractivity contribution in [2.24, 2.45) is 0 Å². The Hall–Kier alpha value is -3.01. The van der Waals surface area contributed by atoms with Gasteiger partial charge >= 0.3 is 0 Å². The van der Waals surface area contributed by atoms with Gasteiger partial charge in [-0.15, -0.1) is 0 Å². The summed E-state index contributed by atoms with van der Waals surface area (Å²) in [4.78, 5) is 23.5. The number of para-hydroxylation sites is 1. The highest BCUT2D eigenvalue weighted by molar-refractivity contribution is 6.07. The van der Waals surface area contributed by atoms with Crippen LogP contribution in [0.4, 0.5) is 5.69 Å². The van der Waals surface area contributed by atoms with Gasteiger partial charge in [0.15, 0.2) is 0 Å². The number of aromatic nitrogens is 2. The minimum Gasteiger partial charge on any atom is -0.305 e. The lowest BCUT2D eigenvalue weighted by Gasteiger charge is -2.22. The van der Waals surface area contributed by atoms with E-state index in [1.54, 1.807) is 12.4 Å². The zero-order valence-electron chi connectivity index (χ0n) is 13.4. The second-order valence-corrected chi connectivity index (χ2v) is 6.00. The van der Waals surface area contributed by atoms with E-state index < -0.39 is 0 Å². The van der Waals surface area contributed by atoms with E-state index in [0.29, 0.717) is 5.56 Å². The van der Waals surface area contributed by atoms with Gasteiger partial charge in [-0.25, -0.2) is 0 Å². The maximum Gasteiger partial charge on any atom is 0.260 e. The standard InChI is InChI=1S/C20H17N3O/c1-14-12-15-6-2-3-8-19(15)23(14)20(24)16-9-10-18(22-13-16)17-7-4-5-11-21-17/h2-11,13-14H,12H2,1H3. The predicted octanol–water partition coefficient (Wildman–Crippen LogP) is 3.74. The van der Waals surface area contributed by atoms with Gasteiger partial charge in [-0.1, -0.05) is 24.3 Å². The first-order valence-corrected chi connectivity index (χ1v) is 8.03. The van der Waals surface area contributed by atoms with Gasteiger partial charge in [0.1, 0.15) is 0 Å². The third-order valence-electron chi connectivity index (χ3n) is 4.36. The van der Waals surface area contributed by atoms with E-state index in [1.807, 2.05) is 53.4 Å². The van der Waals surface area contributed by atoms with Crippen molar-refractivity contribution in [3.63, 3.8) is 0 Å². The molecule has 3 aromatic rings. The van der Waals surface area contributed by atoms with E-state index in [9.17, 15) is 4.79 Å².